The van der Waals surface area contributed by atoms with Crippen LogP contribution in [0.25, 0.3) is 11.3 Å². The van der Waals surface area contributed by atoms with E-state index in [1.54, 1.807) is 29.1 Å². The molecule has 2 aromatic rings. The molecule has 0 bridgehead atoms. The first-order valence-corrected chi connectivity index (χ1v) is 13.4. The Labute approximate surface area is 170 Å². The summed E-state index contributed by atoms with van der Waals surface area (Å²) in [7, 11) is -1.18. The van der Waals surface area contributed by atoms with Crippen LogP contribution in [0, 0.1) is 0 Å². The van der Waals surface area contributed by atoms with Gasteiger partial charge in [-0.2, -0.15) is 5.10 Å². The van der Waals surface area contributed by atoms with Crippen LogP contribution in [0.15, 0.2) is 24.4 Å². The Balaban J connectivity index is 1.84. The van der Waals surface area contributed by atoms with Crippen molar-refractivity contribution in [2.24, 2.45) is 0 Å². The van der Waals surface area contributed by atoms with Crippen molar-refractivity contribution in [2.45, 2.75) is 51.4 Å². The largest absolute Gasteiger partial charge is 0.490 e. The second kappa shape index (κ2) is 8.55. The third-order valence-electron chi connectivity index (χ3n) is 4.24. The van der Waals surface area contributed by atoms with Gasteiger partial charge in [0.2, 0.25) is 0 Å². The van der Waals surface area contributed by atoms with Crippen molar-refractivity contribution < 1.29 is 19.4 Å². The Morgan fingerprint density at radius 3 is 2.79 bits per heavy atom. The predicted molar refractivity (Wildman–Crippen MR) is 112 cm³/mol. The molecule has 0 atom stereocenters. The number of halogens is 1. The van der Waals surface area contributed by atoms with E-state index in [2.05, 4.69) is 30.1 Å². The van der Waals surface area contributed by atoms with Gasteiger partial charge in [-0.05, 0) is 37.1 Å². The van der Waals surface area contributed by atoms with E-state index in [-0.39, 0.29) is 12.8 Å². The molecule has 9 heteroatoms. The van der Waals surface area contributed by atoms with E-state index in [1.165, 1.54) is 0 Å². The van der Waals surface area contributed by atoms with Crippen molar-refractivity contribution in [3.8, 4) is 17.0 Å². The van der Waals surface area contributed by atoms with Gasteiger partial charge in [-0.3, -0.25) is 5.32 Å². The normalized spacial score (nSPS) is 14.1. The first kappa shape index (κ1) is 20.7. The van der Waals surface area contributed by atoms with E-state index in [9.17, 15) is 9.90 Å². The maximum atomic E-state index is 11.2. The van der Waals surface area contributed by atoms with Gasteiger partial charge in [0.05, 0.1) is 18.0 Å². The van der Waals surface area contributed by atoms with Crippen molar-refractivity contribution in [1.29, 1.82) is 0 Å². The number of nitrogens with one attached hydrogen (secondary N) is 1. The molecule has 28 heavy (non-hydrogen) atoms. The molecule has 3 rings (SSSR count). The maximum Gasteiger partial charge on any atom is 0.409 e. The second-order valence-corrected chi connectivity index (χ2v) is 14.2. The van der Waals surface area contributed by atoms with Crippen molar-refractivity contribution in [3.05, 3.63) is 29.4 Å². The van der Waals surface area contributed by atoms with Crippen molar-refractivity contribution in [2.75, 3.05) is 11.9 Å². The van der Waals surface area contributed by atoms with Crippen LogP contribution < -0.4 is 10.1 Å². The predicted octanol–water partition coefficient (Wildman–Crippen LogP) is 5.15. The molecule has 0 spiro atoms. The molecular formula is C19H26ClN3O4Si. The molecule has 1 fully saturated rings. The zero-order chi connectivity index (χ0) is 20.3. The fourth-order valence-corrected chi connectivity index (χ4v) is 3.51. The molecule has 1 aromatic heterocycles. The van der Waals surface area contributed by atoms with Gasteiger partial charge in [0.1, 0.15) is 18.2 Å². The number of hydrogen-bond acceptors (Lipinski definition) is 4. The molecule has 0 saturated heterocycles. The van der Waals surface area contributed by atoms with Crippen molar-refractivity contribution in [1.82, 2.24) is 9.78 Å². The van der Waals surface area contributed by atoms with Crippen LogP contribution in [0.4, 0.5) is 10.5 Å². The molecule has 1 aliphatic carbocycles. The van der Waals surface area contributed by atoms with Crippen LogP contribution in [-0.2, 0) is 11.5 Å². The summed E-state index contributed by atoms with van der Waals surface area (Å²) in [5, 5.41) is 16.7. The summed E-state index contributed by atoms with van der Waals surface area (Å²) in [4.78, 5) is 11.2. The number of carboxylic acid groups (broad SMARTS) is 1. The Morgan fingerprint density at radius 2 is 2.14 bits per heavy atom. The fraction of sp³-hybridized carbons (Fsp3) is 0.474. The Hall–Kier alpha value is -2.03. The summed E-state index contributed by atoms with van der Waals surface area (Å²) in [6.07, 6.45) is 2.69. The van der Waals surface area contributed by atoms with Gasteiger partial charge < -0.3 is 14.6 Å². The number of carbonyl (C=O) groups is 1. The van der Waals surface area contributed by atoms with Gasteiger partial charge in [-0.15, -0.1) is 0 Å². The third kappa shape index (κ3) is 5.98. The lowest BCUT2D eigenvalue weighted by atomic mass is 10.1. The first-order valence-electron chi connectivity index (χ1n) is 9.33. The minimum Gasteiger partial charge on any atom is -0.490 e. The Morgan fingerprint density at radius 1 is 1.39 bits per heavy atom. The summed E-state index contributed by atoms with van der Waals surface area (Å²) in [6, 6.07) is 6.34. The van der Waals surface area contributed by atoms with E-state index < -0.39 is 14.2 Å². The van der Waals surface area contributed by atoms with E-state index in [4.69, 9.17) is 21.1 Å². The lowest BCUT2D eigenvalue weighted by Gasteiger charge is -2.15. The molecule has 0 aliphatic heterocycles. The van der Waals surface area contributed by atoms with E-state index in [1.807, 2.05) is 0 Å². The van der Waals surface area contributed by atoms with Gasteiger partial charge in [0.25, 0.3) is 0 Å². The van der Waals surface area contributed by atoms with Crippen LogP contribution >= 0.6 is 11.6 Å². The number of amides is 1. The minimum atomic E-state index is -1.18. The topological polar surface area (TPSA) is 85.6 Å². The molecule has 7 nitrogen and oxygen atoms in total. The van der Waals surface area contributed by atoms with Crippen LogP contribution in [0.2, 0.25) is 30.7 Å². The van der Waals surface area contributed by atoms with Gasteiger partial charge >= 0.3 is 6.09 Å². The highest BCUT2D eigenvalue weighted by atomic mass is 35.5. The highest BCUT2D eigenvalue weighted by molar-refractivity contribution is 6.76. The monoisotopic (exact) mass is 423 g/mol. The Bertz CT molecular complexity index is 846. The summed E-state index contributed by atoms with van der Waals surface area (Å²) in [5.41, 5.74) is 1.49. The highest BCUT2D eigenvalue weighted by Crippen LogP contribution is 2.39. The molecule has 1 saturated carbocycles. The molecular weight excluding hydrogens is 398 g/mol. The number of ether oxygens (including phenoxy) is 2. The smallest absolute Gasteiger partial charge is 0.409 e. The molecule has 1 heterocycles. The molecule has 0 unspecified atom stereocenters. The SMILES string of the molecule is C[Si](C)(C)CCOCn1cc(NC(=O)O)c(-c2cc(Cl)ccc2OC2CC2)n1. The van der Waals surface area contributed by atoms with Gasteiger partial charge in [0, 0.05) is 25.3 Å². The molecule has 152 valence electrons. The number of anilines is 1. The Kier molecular flexibility index (Phi) is 6.32. The lowest BCUT2D eigenvalue weighted by Crippen LogP contribution is -2.22. The number of rotatable bonds is 9. The highest BCUT2D eigenvalue weighted by Gasteiger charge is 2.26. The molecule has 1 aliphatic rings. The van der Waals surface area contributed by atoms with E-state index >= 15 is 0 Å². The van der Waals surface area contributed by atoms with Crippen LogP contribution in [0.1, 0.15) is 12.8 Å². The number of hydrogen-bond donors (Lipinski definition) is 2. The third-order valence-corrected chi connectivity index (χ3v) is 6.18. The zero-order valence-electron chi connectivity index (χ0n) is 16.4. The van der Waals surface area contributed by atoms with Crippen molar-refractivity contribution in [3.63, 3.8) is 0 Å². The minimum absolute atomic E-state index is 0.197. The van der Waals surface area contributed by atoms with E-state index in [0.29, 0.717) is 34.3 Å². The summed E-state index contributed by atoms with van der Waals surface area (Å²) in [6.45, 7) is 7.77. The molecule has 0 radical (unpaired) electrons. The maximum absolute atomic E-state index is 11.2. The van der Waals surface area contributed by atoms with E-state index in [0.717, 1.165) is 18.9 Å². The number of aromatic nitrogens is 2. The van der Waals surface area contributed by atoms with Gasteiger partial charge in [0.15, 0.2) is 0 Å². The molecule has 1 aromatic carbocycles. The summed E-state index contributed by atoms with van der Waals surface area (Å²) >= 11 is 6.18. The number of benzene rings is 1. The molecule has 2 N–H and O–H groups in total. The average Bonchev–Trinajstić information content (AvgIpc) is 3.32. The van der Waals surface area contributed by atoms with Gasteiger partial charge in [-0.1, -0.05) is 31.2 Å². The average molecular weight is 424 g/mol. The summed E-state index contributed by atoms with van der Waals surface area (Å²) in [5.74, 6) is 0.644. The standard InChI is InChI=1S/C19H26ClN3O4Si/c1-28(2,3)9-8-26-12-23-11-16(21-19(24)25)18(22-23)15-10-13(20)4-7-17(15)27-14-5-6-14/h4,7,10-11,14,21H,5-6,8-9,12H2,1-3H3,(H,24,25). The van der Waals surface area contributed by atoms with Crippen molar-refractivity contribution >= 4 is 31.5 Å². The molecule has 1 amide bonds. The quantitative estimate of drug-likeness (QED) is 0.430. The van der Waals surface area contributed by atoms with Crippen LogP contribution in [0.5, 0.6) is 5.75 Å². The second-order valence-electron chi connectivity index (χ2n) is 8.17. The lowest BCUT2D eigenvalue weighted by molar-refractivity contribution is 0.0787. The van der Waals surface area contributed by atoms with Crippen LogP contribution in [0.3, 0.4) is 0 Å². The summed E-state index contributed by atoms with van der Waals surface area (Å²) < 4.78 is 13.3. The van der Waals surface area contributed by atoms with Crippen LogP contribution in [-0.4, -0.2) is 41.8 Å². The number of nitrogens with zero attached hydrogens (tertiary/aromatic N) is 2. The zero-order valence-corrected chi connectivity index (χ0v) is 18.1. The first-order chi connectivity index (χ1) is 13.2. The van der Waals surface area contributed by atoms with Gasteiger partial charge in [-0.25, -0.2) is 9.48 Å². The fourth-order valence-electron chi connectivity index (χ4n) is 2.59.